The zero-order chi connectivity index (χ0) is 27.9. The van der Waals surface area contributed by atoms with Gasteiger partial charge in [-0.15, -0.1) is 0 Å². The molecule has 2 atom stereocenters. The third-order valence-corrected chi connectivity index (χ3v) is 7.36. The number of phenolic OH excluding ortho intramolecular Hbond substituents is 1. The summed E-state index contributed by atoms with van der Waals surface area (Å²) in [5.41, 5.74) is 5.46. The van der Waals surface area contributed by atoms with Gasteiger partial charge in [-0.05, 0) is 97.2 Å². The zero-order valence-corrected chi connectivity index (χ0v) is 23.6. The third-order valence-electron chi connectivity index (χ3n) is 7.36. The van der Waals surface area contributed by atoms with Crippen LogP contribution in [0.4, 0.5) is 4.79 Å². The first kappa shape index (κ1) is 30.2. The van der Waals surface area contributed by atoms with Crippen LogP contribution in [-0.2, 0) is 30.6 Å². The van der Waals surface area contributed by atoms with E-state index in [4.69, 9.17) is 4.74 Å². The van der Waals surface area contributed by atoms with Crippen molar-refractivity contribution >= 4 is 6.09 Å². The summed E-state index contributed by atoms with van der Waals surface area (Å²) in [6.45, 7) is 5.19. The first-order chi connectivity index (χ1) is 18.9. The van der Waals surface area contributed by atoms with Crippen LogP contribution in [0.1, 0.15) is 86.3 Å². The predicted octanol–water partition coefficient (Wildman–Crippen LogP) is 7.68. The van der Waals surface area contributed by atoms with E-state index in [2.05, 4.69) is 36.5 Å². The lowest BCUT2D eigenvalue weighted by Crippen LogP contribution is -2.25. The van der Waals surface area contributed by atoms with Crippen LogP contribution in [0, 0.1) is 5.92 Å². The average Bonchev–Trinajstić information content (AvgIpc) is 2.96. The number of ether oxygens (including phenoxy) is 1. The Labute approximate surface area is 234 Å². The number of aryl methyl sites for hydroxylation is 3. The molecule has 0 spiro atoms. The number of nitrogens with one attached hydrogen (secondary N) is 1. The molecule has 1 amide bonds. The molecule has 0 saturated carbocycles. The van der Waals surface area contributed by atoms with Crippen LogP contribution in [0.25, 0.3) is 0 Å². The molecular weight excluding hydrogens is 486 g/mol. The van der Waals surface area contributed by atoms with Crippen LogP contribution in [0.5, 0.6) is 5.75 Å². The van der Waals surface area contributed by atoms with E-state index in [1.54, 1.807) is 6.07 Å². The maximum atomic E-state index is 11.8. The van der Waals surface area contributed by atoms with E-state index in [1.165, 1.54) is 11.1 Å². The fourth-order valence-corrected chi connectivity index (χ4v) is 4.80. The van der Waals surface area contributed by atoms with Crippen molar-refractivity contribution in [2.45, 2.75) is 84.3 Å². The van der Waals surface area contributed by atoms with Crippen molar-refractivity contribution in [1.82, 2.24) is 5.32 Å². The number of benzene rings is 3. The van der Waals surface area contributed by atoms with E-state index in [1.807, 2.05) is 49.4 Å². The normalized spacial score (nSPS) is 12.6. The van der Waals surface area contributed by atoms with Gasteiger partial charge in [0.15, 0.2) is 0 Å². The van der Waals surface area contributed by atoms with E-state index in [0.29, 0.717) is 24.8 Å². The standard InChI is InChI=1S/C34H45NO4/c1-3-30-24-31(20-22-32(30)36)33(37)21-15-26(2)10-9-14-28-18-16-27(17-19-28)11-7-8-23-35-34(38)39-25-29-12-5-4-6-13-29/h4-6,12-13,16-20,22,24,26,33,36-37H,3,7-11,14-15,21,23,25H2,1-2H3,(H,35,38)/t26?,33-/m0/s1. The molecule has 210 valence electrons. The van der Waals surface area contributed by atoms with Gasteiger partial charge in [0, 0.05) is 6.54 Å². The highest BCUT2D eigenvalue weighted by Crippen LogP contribution is 2.27. The van der Waals surface area contributed by atoms with Gasteiger partial charge in [0.25, 0.3) is 0 Å². The van der Waals surface area contributed by atoms with Gasteiger partial charge in [-0.2, -0.15) is 0 Å². The Morgan fingerprint density at radius 2 is 1.54 bits per heavy atom. The molecule has 3 N–H and O–H groups in total. The molecule has 0 radical (unpaired) electrons. The van der Waals surface area contributed by atoms with Gasteiger partial charge in [0.2, 0.25) is 0 Å². The molecule has 0 fully saturated rings. The molecule has 3 aromatic carbocycles. The van der Waals surface area contributed by atoms with Gasteiger partial charge >= 0.3 is 6.09 Å². The Morgan fingerprint density at radius 3 is 2.23 bits per heavy atom. The molecule has 39 heavy (non-hydrogen) atoms. The summed E-state index contributed by atoms with van der Waals surface area (Å²) in [6, 6.07) is 24.0. The molecule has 0 heterocycles. The number of amides is 1. The second-order valence-electron chi connectivity index (χ2n) is 10.6. The minimum atomic E-state index is -0.477. The van der Waals surface area contributed by atoms with Crippen LogP contribution in [0.15, 0.2) is 72.8 Å². The van der Waals surface area contributed by atoms with E-state index in [-0.39, 0.29) is 6.09 Å². The summed E-state index contributed by atoms with van der Waals surface area (Å²) in [4.78, 5) is 11.8. The van der Waals surface area contributed by atoms with Crippen molar-refractivity contribution in [2.24, 2.45) is 5.92 Å². The van der Waals surface area contributed by atoms with Gasteiger partial charge in [0.1, 0.15) is 12.4 Å². The summed E-state index contributed by atoms with van der Waals surface area (Å²) in [6.07, 6.45) is 7.94. The third kappa shape index (κ3) is 11.1. The van der Waals surface area contributed by atoms with Crippen LogP contribution >= 0.6 is 0 Å². The van der Waals surface area contributed by atoms with Crippen molar-refractivity contribution in [1.29, 1.82) is 0 Å². The van der Waals surface area contributed by atoms with Gasteiger partial charge < -0.3 is 20.3 Å². The lowest BCUT2D eigenvalue weighted by atomic mass is 9.93. The lowest BCUT2D eigenvalue weighted by Gasteiger charge is -2.16. The molecule has 5 nitrogen and oxygen atoms in total. The Morgan fingerprint density at radius 1 is 0.846 bits per heavy atom. The summed E-state index contributed by atoms with van der Waals surface area (Å²) in [5, 5.41) is 23.3. The van der Waals surface area contributed by atoms with Crippen molar-refractivity contribution in [2.75, 3.05) is 6.54 Å². The Bertz CT molecular complexity index is 1110. The Hall–Kier alpha value is -3.31. The molecule has 5 heteroatoms. The van der Waals surface area contributed by atoms with Crippen LogP contribution in [-0.4, -0.2) is 22.9 Å². The van der Waals surface area contributed by atoms with E-state index in [0.717, 1.165) is 74.5 Å². The number of unbranched alkanes of at least 4 members (excludes halogenated alkanes) is 1. The smallest absolute Gasteiger partial charge is 0.407 e. The molecule has 0 bridgehead atoms. The zero-order valence-electron chi connectivity index (χ0n) is 23.6. The number of aliphatic hydroxyl groups excluding tert-OH is 1. The molecule has 0 aliphatic heterocycles. The van der Waals surface area contributed by atoms with Gasteiger partial charge in [-0.25, -0.2) is 4.79 Å². The topological polar surface area (TPSA) is 78.8 Å². The van der Waals surface area contributed by atoms with Gasteiger partial charge in [-0.3, -0.25) is 0 Å². The van der Waals surface area contributed by atoms with Crippen molar-refractivity contribution < 1.29 is 19.7 Å². The van der Waals surface area contributed by atoms with Gasteiger partial charge in [-0.1, -0.05) is 80.9 Å². The predicted molar refractivity (Wildman–Crippen MR) is 158 cm³/mol. The molecule has 3 aromatic rings. The SMILES string of the molecule is CCc1cc([C@@H](O)CCC(C)CCCc2ccc(CCCCNC(=O)OCc3ccccc3)cc2)ccc1O. The number of aliphatic hydroxyl groups is 1. The maximum Gasteiger partial charge on any atom is 0.407 e. The summed E-state index contributed by atoms with van der Waals surface area (Å²) < 4.78 is 5.24. The highest BCUT2D eigenvalue weighted by atomic mass is 16.5. The van der Waals surface area contributed by atoms with Gasteiger partial charge in [0.05, 0.1) is 6.10 Å². The van der Waals surface area contributed by atoms with Crippen molar-refractivity contribution in [3.8, 4) is 5.75 Å². The first-order valence-corrected chi connectivity index (χ1v) is 14.5. The number of hydrogen-bond acceptors (Lipinski definition) is 4. The monoisotopic (exact) mass is 531 g/mol. The largest absolute Gasteiger partial charge is 0.508 e. The van der Waals surface area contributed by atoms with E-state index >= 15 is 0 Å². The number of phenols is 1. The minimum absolute atomic E-state index is 0.294. The maximum absolute atomic E-state index is 11.8. The minimum Gasteiger partial charge on any atom is -0.508 e. The number of carbonyl (C=O) groups is 1. The Kier molecular flexibility index (Phi) is 12.9. The van der Waals surface area contributed by atoms with Crippen LogP contribution in [0.3, 0.4) is 0 Å². The highest BCUT2D eigenvalue weighted by molar-refractivity contribution is 5.67. The Balaban J connectivity index is 1.24. The summed E-state index contributed by atoms with van der Waals surface area (Å²) >= 11 is 0. The van der Waals surface area contributed by atoms with E-state index < -0.39 is 6.10 Å². The quantitative estimate of drug-likeness (QED) is 0.166. The van der Waals surface area contributed by atoms with E-state index in [9.17, 15) is 15.0 Å². The fraction of sp³-hybridized carbons (Fsp3) is 0.441. The summed E-state index contributed by atoms with van der Waals surface area (Å²) in [7, 11) is 0. The van der Waals surface area contributed by atoms with Crippen molar-refractivity contribution in [3.05, 3.63) is 101 Å². The van der Waals surface area contributed by atoms with Crippen LogP contribution < -0.4 is 5.32 Å². The number of alkyl carbamates (subject to hydrolysis) is 1. The molecule has 0 aromatic heterocycles. The first-order valence-electron chi connectivity index (χ1n) is 14.5. The number of carbonyl (C=O) groups excluding carboxylic acids is 1. The average molecular weight is 532 g/mol. The molecule has 3 rings (SSSR count). The number of rotatable bonds is 16. The molecule has 0 aliphatic carbocycles. The molecule has 0 aliphatic rings. The second-order valence-corrected chi connectivity index (χ2v) is 10.6. The molecular formula is C34H45NO4. The molecule has 1 unspecified atom stereocenters. The number of hydrogen-bond donors (Lipinski definition) is 3. The van der Waals surface area contributed by atoms with Crippen LogP contribution in [0.2, 0.25) is 0 Å². The number of aromatic hydroxyl groups is 1. The molecule has 0 saturated heterocycles. The summed E-state index contributed by atoms with van der Waals surface area (Å²) in [5.74, 6) is 0.868. The highest BCUT2D eigenvalue weighted by Gasteiger charge is 2.12. The second kappa shape index (κ2) is 16.6. The fourth-order valence-electron chi connectivity index (χ4n) is 4.80. The lowest BCUT2D eigenvalue weighted by molar-refractivity contribution is 0.139. The van der Waals surface area contributed by atoms with Crippen molar-refractivity contribution in [3.63, 3.8) is 0 Å².